The number of ether oxygens (including phenoxy) is 3. The molecule has 3 aliphatic carbocycles. The zero-order valence-corrected chi connectivity index (χ0v) is 29.2. The summed E-state index contributed by atoms with van der Waals surface area (Å²) in [6, 6.07) is 5.94. The summed E-state index contributed by atoms with van der Waals surface area (Å²) >= 11 is 0. The van der Waals surface area contributed by atoms with Crippen LogP contribution in [-0.2, 0) is 15.9 Å². The maximum absolute atomic E-state index is 13.3. The third-order valence-electron chi connectivity index (χ3n) is 11.1. The van der Waals surface area contributed by atoms with Gasteiger partial charge in [-0.25, -0.2) is 4.79 Å². The van der Waals surface area contributed by atoms with Crippen molar-refractivity contribution in [1.82, 2.24) is 4.90 Å². The average Bonchev–Trinajstić information content (AvgIpc) is 3.37. The molecule has 4 aliphatic rings. The summed E-state index contributed by atoms with van der Waals surface area (Å²) in [5, 5.41) is 0. The first kappa shape index (κ1) is 39.7. The molecule has 5 nitrogen and oxygen atoms in total. The summed E-state index contributed by atoms with van der Waals surface area (Å²) in [7, 11) is 9.28. The van der Waals surface area contributed by atoms with Crippen LogP contribution in [-0.4, -0.2) is 86.4 Å². The fourth-order valence-electron chi connectivity index (χ4n) is 8.63. The van der Waals surface area contributed by atoms with Crippen LogP contribution < -0.4 is 4.74 Å². The molecule has 1 aliphatic heterocycles. The molecular weight excluding hydrogens is 720 g/mol. The highest BCUT2D eigenvalue weighted by Gasteiger charge is 2.85. The van der Waals surface area contributed by atoms with Crippen LogP contribution in [0.5, 0.6) is 5.75 Å². The number of halogens is 9. The minimum Gasteiger partial charge on any atom is -0.410 e. The minimum absolute atomic E-state index is 0.0976. The Hall–Kier alpha value is -1.46. The first-order valence-corrected chi connectivity index (χ1v) is 19.4. The van der Waals surface area contributed by atoms with Crippen LogP contribution in [0.4, 0.5) is 44.3 Å². The number of amides is 1. The molecule has 0 spiro atoms. The Morgan fingerprint density at radius 2 is 1.66 bits per heavy atom. The molecule has 1 amide bonds. The van der Waals surface area contributed by atoms with E-state index in [4.69, 9.17) is 17.3 Å². The van der Waals surface area contributed by atoms with Gasteiger partial charge in [-0.15, -0.1) is 0 Å². The first-order chi connectivity index (χ1) is 23.4. The summed E-state index contributed by atoms with van der Waals surface area (Å²) in [5.74, 6) is 3.15. The lowest BCUT2D eigenvalue weighted by Gasteiger charge is -2.50. The Morgan fingerprint density at radius 1 is 0.940 bits per heavy atom. The summed E-state index contributed by atoms with van der Waals surface area (Å²) in [5.41, 5.74) is -4.22. The van der Waals surface area contributed by atoms with Gasteiger partial charge >= 0.3 is 30.2 Å². The van der Waals surface area contributed by atoms with Crippen molar-refractivity contribution in [3.05, 3.63) is 29.3 Å². The minimum atomic E-state index is -6.75. The Labute approximate surface area is 295 Å². The highest BCUT2D eigenvalue weighted by Crippen LogP contribution is 2.62. The number of hydrogen-bond donors (Lipinski definition) is 0. The fraction of sp³-hybridized carbons (Fsp3) is 0.788. The van der Waals surface area contributed by atoms with Crippen molar-refractivity contribution in [2.75, 3.05) is 31.3 Å². The highest BCUT2D eigenvalue weighted by molar-refractivity contribution is 8.76. The van der Waals surface area contributed by atoms with Crippen molar-refractivity contribution < 1.29 is 58.5 Å². The molecular formula is C33H41BF9NO4S2. The number of carbonyl (C=O) groups excluding carboxylic acids is 1. The maximum atomic E-state index is 13.3. The molecule has 2 radical (unpaired) electrons. The summed E-state index contributed by atoms with van der Waals surface area (Å²) < 4.78 is 134. The molecule has 50 heavy (non-hydrogen) atoms. The van der Waals surface area contributed by atoms with Gasteiger partial charge in [-0.3, -0.25) is 0 Å². The van der Waals surface area contributed by atoms with Gasteiger partial charge in [0.25, 0.3) is 0 Å². The van der Waals surface area contributed by atoms with Crippen LogP contribution in [0.25, 0.3) is 0 Å². The van der Waals surface area contributed by atoms with E-state index < -0.39 is 37.2 Å². The third-order valence-corrected chi connectivity index (χ3v) is 13.6. The van der Waals surface area contributed by atoms with Gasteiger partial charge in [-0.05, 0) is 104 Å². The first-order valence-electron chi connectivity index (χ1n) is 17.0. The summed E-state index contributed by atoms with van der Waals surface area (Å²) in [6.45, 7) is 0.849. The third kappa shape index (κ3) is 7.76. The summed E-state index contributed by atoms with van der Waals surface area (Å²) in [6.07, 6.45) is -14.7. The molecule has 0 N–H and O–H groups in total. The van der Waals surface area contributed by atoms with Crippen LogP contribution >= 0.6 is 21.6 Å². The molecule has 280 valence electrons. The van der Waals surface area contributed by atoms with Crippen molar-refractivity contribution in [3.63, 3.8) is 0 Å². The van der Waals surface area contributed by atoms with E-state index in [1.807, 2.05) is 18.2 Å². The molecule has 1 aromatic carbocycles. The SMILES string of the molecule is [B]CCCN(C(=O)Oc1ccc2c(c1)CCC1C2CCC2(C)C(OCCCOC(C(F)(F)F)(C(F)(F)F)C(F)(F)F)CCC12)C1CCSSC1. The fourth-order valence-corrected chi connectivity index (χ4v) is 11.1. The Morgan fingerprint density at radius 3 is 2.30 bits per heavy atom. The maximum Gasteiger partial charge on any atom is 0.435 e. The lowest BCUT2D eigenvalue weighted by Crippen LogP contribution is -2.67. The standard InChI is InChI=1S/C33H41BF9NO4S2/c1-29-12-10-24-23-7-5-22(48-28(45)44(14-2-13-34)21-11-17-49-50-19-21)18-20(23)4-6-25(24)26(29)8-9-27(29)46-15-3-16-47-30(31(35,36)37,32(38,39)40)33(41,42)43/h5,7,18,21,24-27H,2-4,6,8-17,19H2,1H3. The highest BCUT2D eigenvalue weighted by atomic mass is 33.1. The molecule has 0 aromatic heterocycles. The lowest BCUT2D eigenvalue weighted by atomic mass is 9.55. The normalized spacial score (nSPS) is 28.8. The van der Waals surface area contributed by atoms with Gasteiger partial charge in [0.15, 0.2) is 0 Å². The molecule has 17 heteroatoms. The number of rotatable bonds is 11. The number of hydrogen-bond acceptors (Lipinski definition) is 6. The predicted octanol–water partition coefficient (Wildman–Crippen LogP) is 9.69. The average molecular weight is 762 g/mol. The topological polar surface area (TPSA) is 48.0 Å². The molecule has 1 saturated heterocycles. The van der Waals surface area contributed by atoms with Gasteiger partial charge in [0, 0.05) is 30.7 Å². The van der Waals surface area contributed by atoms with E-state index in [2.05, 4.69) is 11.7 Å². The molecule has 1 heterocycles. The lowest BCUT2D eigenvalue weighted by molar-refractivity contribution is -0.457. The molecule has 3 fully saturated rings. The van der Waals surface area contributed by atoms with E-state index in [0.717, 1.165) is 55.6 Å². The van der Waals surface area contributed by atoms with Crippen molar-refractivity contribution in [2.24, 2.45) is 17.3 Å². The van der Waals surface area contributed by atoms with E-state index in [9.17, 15) is 44.3 Å². The van der Waals surface area contributed by atoms with Gasteiger partial charge in [0.2, 0.25) is 0 Å². The smallest absolute Gasteiger partial charge is 0.410 e. The van der Waals surface area contributed by atoms with Gasteiger partial charge in [0.1, 0.15) is 5.75 Å². The van der Waals surface area contributed by atoms with Gasteiger partial charge in [-0.1, -0.05) is 40.9 Å². The second kappa shape index (κ2) is 15.5. The monoisotopic (exact) mass is 761 g/mol. The number of alkyl halides is 9. The van der Waals surface area contributed by atoms with E-state index in [0.29, 0.717) is 37.4 Å². The number of aryl methyl sites for hydroxylation is 1. The molecule has 0 bridgehead atoms. The van der Waals surface area contributed by atoms with E-state index >= 15 is 0 Å². The number of nitrogens with zero attached hydrogens (tertiary/aromatic N) is 1. The van der Waals surface area contributed by atoms with Gasteiger partial charge in [0.05, 0.1) is 20.6 Å². The number of fused-ring (bicyclic) bond motifs is 5. The molecule has 1 aromatic rings. The van der Waals surface area contributed by atoms with E-state index in [1.54, 1.807) is 26.5 Å². The predicted molar refractivity (Wildman–Crippen MR) is 173 cm³/mol. The van der Waals surface area contributed by atoms with Crippen LogP contribution in [0.15, 0.2) is 18.2 Å². The number of carbonyl (C=O) groups is 1. The second-order valence-corrected chi connectivity index (χ2v) is 16.5. The van der Waals surface area contributed by atoms with Crippen LogP contribution in [0.1, 0.15) is 75.3 Å². The zero-order chi connectivity index (χ0) is 36.5. The largest absolute Gasteiger partial charge is 0.435 e. The molecule has 5 rings (SSSR count). The summed E-state index contributed by atoms with van der Waals surface area (Å²) in [4.78, 5) is 15.1. The van der Waals surface area contributed by atoms with E-state index in [-0.39, 0.29) is 42.1 Å². The Balaban J connectivity index is 1.18. The number of benzene rings is 1. The van der Waals surface area contributed by atoms with E-state index in [1.165, 1.54) is 5.56 Å². The van der Waals surface area contributed by atoms with Crippen molar-refractivity contribution in [2.45, 2.75) is 113 Å². The van der Waals surface area contributed by atoms with Crippen molar-refractivity contribution >= 4 is 35.5 Å². The zero-order valence-electron chi connectivity index (χ0n) is 27.6. The van der Waals surface area contributed by atoms with Gasteiger partial charge in [-0.2, -0.15) is 39.5 Å². The Kier molecular flexibility index (Phi) is 12.3. The molecule has 6 atom stereocenters. The van der Waals surface area contributed by atoms with Crippen LogP contribution in [0, 0.1) is 17.3 Å². The van der Waals surface area contributed by atoms with Crippen molar-refractivity contribution in [3.8, 4) is 5.75 Å². The molecule has 6 unspecified atom stereocenters. The van der Waals surface area contributed by atoms with Crippen LogP contribution in [0.2, 0.25) is 6.32 Å². The quantitative estimate of drug-likeness (QED) is 0.0970. The van der Waals surface area contributed by atoms with Gasteiger partial charge < -0.3 is 19.1 Å². The van der Waals surface area contributed by atoms with Crippen LogP contribution in [0.3, 0.4) is 0 Å². The Bertz CT molecular complexity index is 1290. The van der Waals surface area contributed by atoms with Crippen molar-refractivity contribution in [1.29, 1.82) is 0 Å². The second-order valence-electron chi connectivity index (χ2n) is 13.9. The molecule has 2 saturated carbocycles.